The van der Waals surface area contributed by atoms with E-state index in [9.17, 15) is 4.79 Å². The molecular formula is C27H23N5OS. The van der Waals surface area contributed by atoms with Crippen LogP contribution in [0.3, 0.4) is 0 Å². The summed E-state index contributed by atoms with van der Waals surface area (Å²) in [4.78, 5) is 24.0. The van der Waals surface area contributed by atoms with Crippen molar-refractivity contribution in [1.29, 1.82) is 0 Å². The summed E-state index contributed by atoms with van der Waals surface area (Å²) in [7, 11) is 0. The van der Waals surface area contributed by atoms with Gasteiger partial charge in [-0.2, -0.15) is 0 Å². The maximum absolute atomic E-state index is 12.8. The number of thiazole rings is 1. The highest BCUT2D eigenvalue weighted by atomic mass is 32.1. The van der Waals surface area contributed by atoms with Gasteiger partial charge in [0.2, 0.25) is 0 Å². The molecule has 1 saturated heterocycles. The third-order valence-electron chi connectivity index (χ3n) is 6.22. The Morgan fingerprint density at radius 1 is 0.941 bits per heavy atom. The smallest absolute Gasteiger partial charge is 0.256 e. The molecule has 6 rings (SSSR count). The maximum Gasteiger partial charge on any atom is 0.256 e. The minimum absolute atomic E-state index is 0.0749. The third-order valence-corrected chi connectivity index (χ3v) is 7.11. The first kappa shape index (κ1) is 20.8. The van der Waals surface area contributed by atoms with Gasteiger partial charge in [-0.3, -0.25) is 9.78 Å². The largest absolute Gasteiger partial charge is 0.369 e. The van der Waals surface area contributed by atoms with E-state index in [0.29, 0.717) is 5.57 Å². The molecule has 0 radical (unpaired) electrons. The molecule has 0 spiro atoms. The molecule has 2 aliphatic rings. The van der Waals surface area contributed by atoms with Crippen LogP contribution < -0.4 is 15.5 Å². The van der Waals surface area contributed by atoms with E-state index < -0.39 is 0 Å². The molecule has 0 saturated carbocycles. The number of anilines is 2. The van der Waals surface area contributed by atoms with Crippen molar-refractivity contribution in [2.24, 2.45) is 0 Å². The van der Waals surface area contributed by atoms with Crippen LogP contribution in [0.25, 0.3) is 33.5 Å². The van der Waals surface area contributed by atoms with Crippen LogP contribution in [0.1, 0.15) is 11.1 Å². The lowest BCUT2D eigenvalue weighted by atomic mass is 10.0. The molecule has 2 aromatic carbocycles. The van der Waals surface area contributed by atoms with Crippen LogP contribution in [0, 0.1) is 0 Å². The molecule has 0 atom stereocenters. The Bertz CT molecular complexity index is 1370. The van der Waals surface area contributed by atoms with E-state index in [-0.39, 0.29) is 5.91 Å². The molecule has 168 valence electrons. The van der Waals surface area contributed by atoms with Crippen molar-refractivity contribution in [2.75, 3.05) is 36.4 Å². The highest BCUT2D eigenvalue weighted by molar-refractivity contribution is 7.13. The first-order chi connectivity index (χ1) is 16.7. The number of hydrogen-bond acceptors (Lipinski definition) is 6. The van der Waals surface area contributed by atoms with Crippen molar-refractivity contribution >= 4 is 40.3 Å². The van der Waals surface area contributed by atoms with Crippen molar-refractivity contribution in [3.05, 3.63) is 83.5 Å². The number of rotatable bonds is 4. The predicted molar refractivity (Wildman–Crippen MR) is 139 cm³/mol. The molecule has 2 aliphatic heterocycles. The lowest BCUT2D eigenvalue weighted by molar-refractivity contribution is -0.110. The quantitative estimate of drug-likeness (QED) is 0.425. The van der Waals surface area contributed by atoms with Gasteiger partial charge < -0.3 is 15.5 Å². The minimum Gasteiger partial charge on any atom is -0.369 e. The summed E-state index contributed by atoms with van der Waals surface area (Å²) in [5.41, 5.74) is 7.59. The zero-order valence-electron chi connectivity index (χ0n) is 18.5. The number of piperazine rings is 1. The van der Waals surface area contributed by atoms with Gasteiger partial charge in [0.1, 0.15) is 5.01 Å². The molecule has 2 N–H and O–H groups in total. The van der Waals surface area contributed by atoms with Crippen molar-refractivity contribution in [3.63, 3.8) is 0 Å². The number of carbonyl (C=O) groups is 1. The van der Waals surface area contributed by atoms with Crippen molar-refractivity contribution in [3.8, 4) is 21.8 Å². The molecule has 6 nitrogen and oxygen atoms in total. The Morgan fingerprint density at radius 2 is 1.74 bits per heavy atom. The molecule has 1 amide bonds. The zero-order chi connectivity index (χ0) is 22.9. The normalized spacial score (nSPS) is 16.5. The Labute approximate surface area is 202 Å². The molecule has 1 fully saturated rings. The van der Waals surface area contributed by atoms with Gasteiger partial charge in [-0.05, 0) is 48.0 Å². The van der Waals surface area contributed by atoms with E-state index in [2.05, 4.69) is 56.2 Å². The van der Waals surface area contributed by atoms with Crippen molar-refractivity contribution < 1.29 is 4.79 Å². The van der Waals surface area contributed by atoms with Gasteiger partial charge in [0, 0.05) is 77.6 Å². The number of nitrogens with zero attached hydrogens (tertiary/aromatic N) is 3. The first-order valence-electron chi connectivity index (χ1n) is 11.3. The molecule has 0 bridgehead atoms. The van der Waals surface area contributed by atoms with E-state index >= 15 is 0 Å². The van der Waals surface area contributed by atoms with E-state index in [1.165, 1.54) is 5.69 Å². The SMILES string of the molecule is O=C1Nc2ccc(-c3csc(-c4ccncc4)n3)cc2C1=Cc1ccc(N2CCNCC2)cc1. The molecular weight excluding hydrogens is 442 g/mol. The van der Waals surface area contributed by atoms with Crippen molar-refractivity contribution in [2.45, 2.75) is 0 Å². The topological polar surface area (TPSA) is 70.2 Å². The fraction of sp³-hybridized carbons (Fsp3) is 0.148. The van der Waals surface area contributed by atoms with Gasteiger partial charge in [-0.15, -0.1) is 11.3 Å². The number of carbonyl (C=O) groups excluding carboxylic acids is 1. The third kappa shape index (κ3) is 4.00. The van der Waals surface area contributed by atoms with E-state index in [1.807, 2.05) is 30.3 Å². The maximum atomic E-state index is 12.8. The summed E-state index contributed by atoms with van der Waals surface area (Å²) in [6.07, 6.45) is 5.52. The summed E-state index contributed by atoms with van der Waals surface area (Å²) >= 11 is 1.60. The van der Waals surface area contributed by atoms with Gasteiger partial charge in [0.15, 0.2) is 0 Å². The second-order valence-electron chi connectivity index (χ2n) is 8.37. The summed E-state index contributed by atoms with van der Waals surface area (Å²) in [5, 5.41) is 9.38. The van der Waals surface area contributed by atoms with E-state index in [4.69, 9.17) is 4.98 Å². The monoisotopic (exact) mass is 465 g/mol. The summed E-state index contributed by atoms with van der Waals surface area (Å²) < 4.78 is 0. The fourth-order valence-corrected chi connectivity index (χ4v) is 5.23. The Kier molecular flexibility index (Phi) is 5.41. The van der Waals surface area contributed by atoms with Crippen LogP contribution in [0.5, 0.6) is 0 Å². The van der Waals surface area contributed by atoms with Gasteiger partial charge in [-0.25, -0.2) is 4.98 Å². The summed E-state index contributed by atoms with van der Waals surface area (Å²) in [6.45, 7) is 4.04. The van der Waals surface area contributed by atoms with Crippen LogP contribution in [0.4, 0.5) is 11.4 Å². The van der Waals surface area contributed by atoms with Gasteiger partial charge in [0.25, 0.3) is 5.91 Å². The highest BCUT2D eigenvalue weighted by Gasteiger charge is 2.25. The number of amides is 1. The van der Waals surface area contributed by atoms with Gasteiger partial charge in [0.05, 0.1) is 5.69 Å². The number of fused-ring (bicyclic) bond motifs is 1. The number of benzene rings is 2. The molecule has 0 aliphatic carbocycles. The van der Waals surface area contributed by atoms with Crippen LogP contribution in [0.2, 0.25) is 0 Å². The molecule has 0 unspecified atom stereocenters. The average Bonchev–Trinajstić information content (AvgIpc) is 3.50. The Morgan fingerprint density at radius 3 is 2.53 bits per heavy atom. The Balaban J connectivity index is 1.29. The van der Waals surface area contributed by atoms with Crippen LogP contribution in [0.15, 0.2) is 72.4 Å². The number of hydrogen-bond donors (Lipinski definition) is 2. The summed E-state index contributed by atoms with van der Waals surface area (Å²) in [5.74, 6) is -0.0749. The second-order valence-corrected chi connectivity index (χ2v) is 9.23. The highest BCUT2D eigenvalue weighted by Crippen LogP contribution is 2.37. The predicted octanol–water partition coefficient (Wildman–Crippen LogP) is 4.77. The average molecular weight is 466 g/mol. The standard InChI is InChI=1S/C27H23N5OS/c33-26-23(15-18-1-4-21(5-2-18)32-13-11-29-12-14-32)22-16-20(3-6-24(22)30-26)25-17-34-27(31-25)19-7-9-28-10-8-19/h1-10,15-17,29H,11-14H2,(H,30,33). The molecule has 4 heterocycles. The number of aromatic nitrogens is 2. The first-order valence-corrected chi connectivity index (χ1v) is 12.2. The van der Waals surface area contributed by atoms with Gasteiger partial charge in [-0.1, -0.05) is 18.2 Å². The summed E-state index contributed by atoms with van der Waals surface area (Å²) in [6, 6.07) is 18.4. The lowest BCUT2D eigenvalue weighted by Gasteiger charge is -2.29. The molecule has 7 heteroatoms. The van der Waals surface area contributed by atoms with E-state index in [0.717, 1.165) is 64.8 Å². The van der Waals surface area contributed by atoms with Crippen molar-refractivity contribution in [1.82, 2.24) is 15.3 Å². The van der Waals surface area contributed by atoms with Crippen LogP contribution in [-0.4, -0.2) is 42.1 Å². The fourth-order valence-electron chi connectivity index (χ4n) is 4.40. The zero-order valence-corrected chi connectivity index (χ0v) is 19.3. The molecule has 34 heavy (non-hydrogen) atoms. The lowest BCUT2D eigenvalue weighted by Crippen LogP contribution is -2.43. The minimum atomic E-state index is -0.0749. The van der Waals surface area contributed by atoms with Crippen LogP contribution in [-0.2, 0) is 4.79 Å². The van der Waals surface area contributed by atoms with Gasteiger partial charge >= 0.3 is 0 Å². The number of pyridine rings is 1. The molecule has 4 aromatic rings. The van der Waals surface area contributed by atoms with Crippen LogP contribution >= 0.6 is 11.3 Å². The molecule has 2 aromatic heterocycles. The Hall–Kier alpha value is -3.81. The second kappa shape index (κ2) is 8.85. The van der Waals surface area contributed by atoms with E-state index in [1.54, 1.807) is 23.7 Å². The number of nitrogens with one attached hydrogen (secondary N) is 2.